The summed E-state index contributed by atoms with van der Waals surface area (Å²) in [5.74, 6) is -0.137. The standard InChI is InChI=1S/C18H22N4O2S/c1-10-8-13(12(3)25-10)15-9-14(17(23)20-7-5-4-6-19)16-11(2)22-24-18(16)21-15/h8-9H,4-7,19H2,1-3H3,(H,20,23). The van der Waals surface area contributed by atoms with Gasteiger partial charge in [-0.3, -0.25) is 4.79 Å². The van der Waals surface area contributed by atoms with Crippen LogP contribution in [0.4, 0.5) is 0 Å². The van der Waals surface area contributed by atoms with Crippen molar-refractivity contribution in [2.45, 2.75) is 33.6 Å². The number of carbonyl (C=O) groups excluding carboxylic acids is 1. The molecule has 3 heterocycles. The van der Waals surface area contributed by atoms with Gasteiger partial charge < -0.3 is 15.6 Å². The van der Waals surface area contributed by atoms with Crippen LogP contribution in [0.15, 0.2) is 16.7 Å². The molecule has 7 heteroatoms. The predicted molar refractivity (Wildman–Crippen MR) is 99.9 cm³/mol. The van der Waals surface area contributed by atoms with E-state index >= 15 is 0 Å². The van der Waals surface area contributed by atoms with Gasteiger partial charge in [-0.25, -0.2) is 4.98 Å². The van der Waals surface area contributed by atoms with Crippen LogP contribution < -0.4 is 11.1 Å². The van der Waals surface area contributed by atoms with Crippen LogP contribution in [-0.4, -0.2) is 29.1 Å². The Hall–Kier alpha value is -2.25. The Morgan fingerprint density at radius 3 is 2.76 bits per heavy atom. The molecule has 0 aliphatic rings. The van der Waals surface area contributed by atoms with Crippen LogP contribution >= 0.6 is 11.3 Å². The molecule has 3 aromatic rings. The number of nitrogens with zero attached hydrogens (tertiary/aromatic N) is 2. The number of hydrogen-bond acceptors (Lipinski definition) is 6. The zero-order chi connectivity index (χ0) is 18.0. The summed E-state index contributed by atoms with van der Waals surface area (Å²) in [4.78, 5) is 19.6. The SMILES string of the molecule is Cc1cc(-c2cc(C(=O)NCCCCN)c3c(C)noc3n2)c(C)s1. The van der Waals surface area contributed by atoms with E-state index in [1.807, 2.05) is 13.0 Å². The van der Waals surface area contributed by atoms with Crippen molar-refractivity contribution in [1.29, 1.82) is 0 Å². The van der Waals surface area contributed by atoms with E-state index in [-0.39, 0.29) is 5.91 Å². The molecule has 0 atom stereocenters. The predicted octanol–water partition coefficient (Wildman–Crippen LogP) is 3.35. The van der Waals surface area contributed by atoms with Gasteiger partial charge in [-0.1, -0.05) is 5.16 Å². The quantitative estimate of drug-likeness (QED) is 0.659. The van der Waals surface area contributed by atoms with Crippen LogP contribution in [0.3, 0.4) is 0 Å². The van der Waals surface area contributed by atoms with Crippen molar-refractivity contribution < 1.29 is 9.32 Å². The van der Waals surface area contributed by atoms with E-state index in [1.54, 1.807) is 11.3 Å². The molecule has 0 unspecified atom stereocenters. The Morgan fingerprint density at radius 1 is 1.28 bits per heavy atom. The first-order chi connectivity index (χ1) is 12.0. The fraction of sp³-hybridized carbons (Fsp3) is 0.389. The number of hydrogen-bond donors (Lipinski definition) is 2. The molecule has 1 amide bonds. The number of fused-ring (bicyclic) bond motifs is 1. The van der Waals surface area contributed by atoms with E-state index < -0.39 is 0 Å². The third-order valence-corrected chi connectivity index (χ3v) is 5.06. The van der Waals surface area contributed by atoms with E-state index in [2.05, 4.69) is 35.4 Å². The van der Waals surface area contributed by atoms with Gasteiger partial charge in [-0.05, 0) is 52.3 Å². The number of aromatic nitrogens is 2. The number of rotatable bonds is 6. The summed E-state index contributed by atoms with van der Waals surface area (Å²) in [7, 11) is 0. The third-order valence-electron chi connectivity index (χ3n) is 4.10. The van der Waals surface area contributed by atoms with E-state index in [0.717, 1.165) is 29.0 Å². The smallest absolute Gasteiger partial charge is 0.259 e. The molecular formula is C18H22N4O2S. The summed E-state index contributed by atoms with van der Waals surface area (Å²) in [6.45, 7) is 7.15. The first-order valence-corrected chi connectivity index (χ1v) is 9.15. The molecule has 3 N–H and O–H groups in total. The number of amides is 1. The fourth-order valence-corrected chi connectivity index (χ4v) is 3.80. The maximum absolute atomic E-state index is 12.7. The highest BCUT2D eigenvalue weighted by atomic mass is 32.1. The second-order valence-electron chi connectivity index (χ2n) is 6.08. The number of carbonyl (C=O) groups is 1. The highest BCUT2D eigenvalue weighted by molar-refractivity contribution is 7.12. The zero-order valence-electron chi connectivity index (χ0n) is 14.7. The number of nitrogens with one attached hydrogen (secondary N) is 1. The minimum Gasteiger partial charge on any atom is -0.352 e. The molecule has 0 saturated heterocycles. The number of thiophene rings is 1. The van der Waals surface area contributed by atoms with Gasteiger partial charge in [-0.2, -0.15) is 0 Å². The van der Waals surface area contributed by atoms with E-state index in [1.165, 1.54) is 4.88 Å². The van der Waals surface area contributed by atoms with Crippen molar-refractivity contribution in [3.63, 3.8) is 0 Å². The van der Waals surface area contributed by atoms with Crippen molar-refractivity contribution >= 4 is 28.3 Å². The maximum atomic E-state index is 12.7. The minimum absolute atomic E-state index is 0.137. The van der Waals surface area contributed by atoms with Crippen molar-refractivity contribution in [1.82, 2.24) is 15.5 Å². The summed E-state index contributed by atoms with van der Waals surface area (Å²) in [5.41, 5.74) is 8.86. The van der Waals surface area contributed by atoms with Gasteiger partial charge in [-0.15, -0.1) is 11.3 Å². The van der Waals surface area contributed by atoms with Crippen molar-refractivity contribution in [2.75, 3.05) is 13.1 Å². The molecule has 25 heavy (non-hydrogen) atoms. The second-order valence-corrected chi connectivity index (χ2v) is 7.54. The molecule has 0 fully saturated rings. The molecule has 6 nitrogen and oxygen atoms in total. The van der Waals surface area contributed by atoms with E-state index in [0.29, 0.717) is 35.4 Å². The molecule has 0 aliphatic carbocycles. The lowest BCUT2D eigenvalue weighted by molar-refractivity contribution is 0.0954. The molecule has 0 spiro atoms. The lowest BCUT2D eigenvalue weighted by atomic mass is 10.1. The molecule has 0 radical (unpaired) electrons. The van der Waals surface area contributed by atoms with Crippen LogP contribution in [0.2, 0.25) is 0 Å². The third kappa shape index (κ3) is 3.57. The van der Waals surface area contributed by atoms with Gasteiger partial charge >= 0.3 is 0 Å². The molecule has 0 bridgehead atoms. The topological polar surface area (TPSA) is 94.0 Å². The van der Waals surface area contributed by atoms with Crippen molar-refractivity contribution in [3.05, 3.63) is 33.1 Å². The van der Waals surface area contributed by atoms with E-state index in [4.69, 9.17) is 10.3 Å². The molecule has 0 aromatic carbocycles. The average Bonchev–Trinajstić information content (AvgIpc) is 3.12. The Morgan fingerprint density at radius 2 is 2.08 bits per heavy atom. The normalized spacial score (nSPS) is 11.2. The highest BCUT2D eigenvalue weighted by Crippen LogP contribution is 2.32. The van der Waals surface area contributed by atoms with Crippen LogP contribution in [0.5, 0.6) is 0 Å². The summed E-state index contributed by atoms with van der Waals surface area (Å²) in [5, 5.41) is 7.60. The molecule has 0 saturated carbocycles. The Kier molecular flexibility index (Phi) is 5.15. The minimum atomic E-state index is -0.137. The maximum Gasteiger partial charge on any atom is 0.259 e. The number of unbranched alkanes of at least 4 members (excludes halogenated alkanes) is 1. The average molecular weight is 358 g/mol. The van der Waals surface area contributed by atoms with Crippen molar-refractivity contribution in [3.8, 4) is 11.3 Å². The Bertz CT molecular complexity index is 913. The van der Waals surface area contributed by atoms with Gasteiger partial charge in [0.05, 0.1) is 22.3 Å². The molecule has 0 aliphatic heterocycles. The van der Waals surface area contributed by atoms with E-state index in [9.17, 15) is 4.79 Å². The van der Waals surface area contributed by atoms with Crippen LogP contribution in [0.1, 0.15) is 38.6 Å². The molecule has 132 valence electrons. The number of pyridine rings is 1. The highest BCUT2D eigenvalue weighted by Gasteiger charge is 2.20. The second kappa shape index (κ2) is 7.33. The number of nitrogens with two attached hydrogens (primary N) is 1. The summed E-state index contributed by atoms with van der Waals surface area (Å²) in [6, 6.07) is 3.92. The molecule has 3 rings (SSSR count). The van der Waals surface area contributed by atoms with Gasteiger partial charge in [0, 0.05) is 21.9 Å². The fourth-order valence-electron chi connectivity index (χ4n) is 2.86. The van der Waals surface area contributed by atoms with Gasteiger partial charge in [0.15, 0.2) is 0 Å². The van der Waals surface area contributed by atoms with Crippen LogP contribution in [-0.2, 0) is 0 Å². The van der Waals surface area contributed by atoms with Gasteiger partial charge in [0.2, 0.25) is 0 Å². The summed E-state index contributed by atoms with van der Waals surface area (Å²) < 4.78 is 5.34. The molecular weight excluding hydrogens is 336 g/mol. The molecule has 3 aromatic heterocycles. The lowest BCUT2D eigenvalue weighted by Gasteiger charge is -2.08. The van der Waals surface area contributed by atoms with Crippen LogP contribution in [0, 0.1) is 20.8 Å². The summed E-state index contributed by atoms with van der Waals surface area (Å²) >= 11 is 1.71. The largest absolute Gasteiger partial charge is 0.352 e. The Balaban J connectivity index is 2.02. The lowest BCUT2D eigenvalue weighted by Crippen LogP contribution is -2.25. The summed E-state index contributed by atoms with van der Waals surface area (Å²) in [6.07, 6.45) is 1.74. The van der Waals surface area contributed by atoms with Crippen molar-refractivity contribution in [2.24, 2.45) is 5.73 Å². The zero-order valence-corrected chi connectivity index (χ0v) is 15.5. The monoisotopic (exact) mass is 358 g/mol. The van der Waals surface area contributed by atoms with Crippen LogP contribution in [0.25, 0.3) is 22.4 Å². The Labute approximate surface area is 150 Å². The van der Waals surface area contributed by atoms with Gasteiger partial charge in [0.1, 0.15) is 0 Å². The van der Waals surface area contributed by atoms with Gasteiger partial charge in [0.25, 0.3) is 11.6 Å². The number of aryl methyl sites for hydroxylation is 3. The first-order valence-electron chi connectivity index (χ1n) is 8.34. The first kappa shape index (κ1) is 17.6.